The topological polar surface area (TPSA) is 76.4 Å². The van der Waals surface area contributed by atoms with Crippen LogP contribution in [0.3, 0.4) is 0 Å². The van der Waals surface area contributed by atoms with Crippen molar-refractivity contribution < 1.29 is 9.90 Å². The van der Waals surface area contributed by atoms with Crippen LogP contribution in [0.25, 0.3) is 0 Å². The van der Waals surface area contributed by atoms with Gasteiger partial charge < -0.3 is 15.3 Å². The standard InChI is InChI=1S/C13H15N3O2/c14-6-7-15-13(18)9-16-8-5-12(17)10-3-1-2-4-11(10)16/h1-4,12,17H,5,7-9H2,(H,15,18). The summed E-state index contributed by atoms with van der Waals surface area (Å²) in [4.78, 5) is 13.5. The number of fused-ring (bicyclic) bond motifs is 1. The van der Waals surface area contributed by atoms with Crippen molar-refractivity contribution in [2.45, 2.75) is 12.5 Å². The first-order valence-electron chi connectivity index (χ1n) is 5.88. The van der Waals surface area contributed by atoms with Crippen molar-refractivity contribution >= 4 is 11.6 Å². The number of hydrogen-bond acceptors (Lipinski definition) is 4. The molecule has 0 aromatic heterocycles. The highest BCUT2D eigenvalue weighted by molar-refractivity contribution is 5.82. The Hall–Kier alpha value is -2.06. The number of anilines is 1. The summed E-state index contributed by atoms with van der Waals surface area (Å²) in [7, 11) is 0. The number of aliphatic hydroxyl groups is 1. The van der Waals surface area contributed by atoms with Gasteiger partial charge in [-0.25, -0.2) is 0 Å². The van der Waals surface area contributed by atoms with Crippen molar-refractivity contribution in [2.75, 3.05) is 24.5 Å². The number of nitriles is 1. The second-order valence-corrected chi connectivity index (χ2v) is 4.22. The molecule has 5 heteroatoms. The van der Waals surface area contributed by atoms with E-state index in [2.05, 4.69) is 5.32 Å². The molecule has 1 aliphatic rings. The number of para-hydroxylation sites is 1. The van der Waals surface area contributed by atoms with E-state index in [-0.39, 0.29) is 19.0 Å². The van der Waals surface area contributed by atoms with Crippen LogP contribution in [0.4, 0.5) is 5.69 Å². The lowest BCUT2D eigenvalue weighted by Crippen LogP contribution is -2.40. The maximum atomic E-state index is 11.6. The molecule has 1 atom stereocenters. The zero-order chi connectivity index (χ0) is 13.0. The fraction of sp³-hybridized carbons (Fsp3) is 0.385. The number of benzene rings is 1. The molecule has 18 heavy (non-hydrogen) atoms. The average molecular weight is 245 g/mol. The minimum absolute atomic E-state index is 0.0247. The monoisotopic (exact) mass is 245 g/mol. The van der Waals surface area contributed by atoms with E-state index in [0.29, 0.717) is 13.0 Å². The highest BCUT2D eigenvalue weighted by atomic mass is 16.3. The number of amides is 1. The van der Waals surface area contributed by atoms with Crippen LogP contribution in [0.2, 0.25) is 0 Å². The third-order valence-corrected chi connectivity index (χ3v) is 3.01. The van der Waals surface area contributed by atoms with Crippen LogP contribution in [-0.4, -0.2) is 30.6 Å². The van der Waals surface area contributed by atoms with Gasteiger partial charge in [0.1, 0.15) is 6.54 Å². The summed E-state index contributed by atoms with van der Waals surface area (Å²) in [6.07, 6.45) is 0.155. The summed E-state index contributed by atoms with van der Waals surface area (Å²) in [6.45, 7) is 0.876. The highest BCUT2D eigenvalue weighted by Crippen LogP contribution is 2.32. The normalized spacial score (nSPS) is 17.8. The van der Waals surface area contributed by atoms with Crippen molar-refractivity contribution in [1.82, 2.24) is 5.32 Å². The Labute approximate surface area is 106 Å². The molecule has 2 N–H and O–H groups in total. The number of carbonyl (C=O) groups excluding carboxylic acids is 1. The van der Waals surface area contributed by atoms with E-state index < -0.39 is 6.10 Å². The van der Waals surface area contributed by atoms with E-state index >= 15 is 0 Å². The summed E-state index contributed by atoms with van der Waals surface area (Å²) in [6, 6.07) is 9.41. The summed E-state index contributed by atoms with van der Waals surface area (Å²) in [5, 5.41) is 20.8. The Balaban J connectivity index is 2.10. The van der Waals surface area contributed by atoms with Crippen molar-refractivity contribution in [1.29, 1.82) is 5.26 Å². The molecule has 1 aromatic rings. The minimum Gasteiger partial charge on any atom is -0.388 e. The lowest BCUT2D eigenvalue weighted by molar-refractivity contribution is -0.119. The summed E-state index contributed by atoms with van der Waals surface area (Å²) < 4.78 is 0. The minimum atomic E-state index is -0.459. The Morgan fingerprint density at radius 3 is 3.11 bits per heavy atom. The Morgan fingerprint density at radius 1 is 1.56 bits per heavy atom. The van der Waals surface area contributed by atoms with Crippen LogP contribution in [0, 0.1) is 11.3 Å². The van der Waals surface area contributed by atoms with Crippen LogP contribution in [0.15, 0.2) is 24.3 Å². The molecule has 0 saturated carbocycles. The van der Waals surface area contributed by atoms with Crippen LogP contribution in [0.5, 0.6) is 0 Å². The van der Waals surface area contributed by atoms with E-state index in [1.54, 1.807) is 0 Å². The van der Waals surface area contributed by atoms with Gasteiger partial charge in [-0.15, -0.1) is 0 Å². The molecule has 94 valence electrons. The molecule has 0 bridgehead atoms. The molecule has 0 radical (unpaired) electrons. The Kier molecular flexibility index (Phi) is 3.80. The second kappa shape index (κ2) is 5.52. The SMILES string of the molecule is N#CCNC(=O)CN1CCC(O)c2ccccc21. The number of aliphatic hydroxyl groups excluding tert-OH is 1. The van der Waals surface area contributed by atoms with Crippen LogP contribution >= 0.6 is 0 Å². The van der Waals surface area contributed by atoms with Gasteiger partial charge in [0.05, 0.1) is 18.7 Å². The quantitative estimate of drug-likeness (QED) is 0.763. The van der Waals surface area contributed by atoms with Gasteiger partial charge in [-0.1, -0.05) is 18.2 Å². The predicted molar refractivity (Wildman–Crippen MR) is 66.9 cm³/mol. The van der Waals surface area contributed by atoms with Crippen LogP contribution < -0.4 is 10.2 Å². The molecule has 1 heterocycles. The van der Waals surface area contributed by atoms with E-state index in [0.717, 1.165) is 11.3 Å². The highest BCUT2D eigenvalue weighted by Gasteiger charge is 2.24. The molecule has 1 amide bonds. The van der Waals surface area contributed by atoms with Crippen molar-refractivity contribution in [3.8, 4) is 6.07 Å². The van der Waals surface area contributed by atoms with Gasteiger partial charge in [-0.3, -0.25) is 4.79 Å². The van der Waals surface area contributed by atoms with E-state index in [1.165, 1.54) is 0 Å². The number of hydrogen-bond donors (Lipinski definition) is 2. The molecule has 1 aliphatic heterocycles. The fourth-order valence-corrected chi connectivity index (χ4v) is 2.14. The second-order valence-electron chi connectivity index (χ2n) is 4.22. The summed E-state index contributed by atoms with van der Waals surface area (Å²) in [5.74, 6) is -0.178. The van der Waals surface area contributed by atoms with Gasteiger partial charge in [-0.2, -0.15) is 5.26 Å². The molecule has 1 aromatic carbocycles. The molecule has 0 spiro atoms. The molecule has 5 nitrogen and oxygen atoms in total. The van der Waals surface area contributed by atoms with Gasteiger partial charge >= 0.3 is 0 Å². The van der Waals surface area contributed by atoms with Crippen molar-refractivity contribution in [3.63, 3.8) is 0 Å². The predicted octanol–water partition coefficient (Wildman–Crippen LogP) is 0.570. The van der Waals surface area contributed by atoms with E-state index in [9.17, 15) is 9.90 Å². The Morgan fingerprint density at radius 2 is 2.33 bits per heavy atom. The largest absolute Gasteiger partial charge is 0.388 e. The van der Waals surface area contributed by atoms with Gasteiger partial charge in [-0.05, 0) is 12.5 Å². The molecular formula is C13H15N3O2. The molecular weight excluding hydrogens is 230 g/mol. The number of nitrogens with zero attached hydrogens (tertiary/aromatic N) is 2. The third kappa shape index (κ3) is 2.60. The van der Waals surface area contributed by atoms with Crippen LogP contribution in [-0.2, 0) is 4.79 Å². The van der Waals surface area contributed by atoms with E-state index in [4.69, 9.17) is 5.26 Å². The first-order valence-corrected chi connectivity index (χ1v) is 5.88. The molecule has 0 saturated heterocycles. The smallest absolute Gasteiger partial charge is 0.240 e. The van der Waals surface area contributed by atoms with Gasteiger partial charge in [0.25, 0.3) is 0 Å². The maximum absolute atomic E-state index is 11.6. The molecule has 0 fully saturated rings. The van der Waals surface area contributed by atoms with Gasteiger partial charge in [0, 0.05) is 17.8 Å². The first kappa shape index (κ1) is 12.4. The maximum Gasteiger partial charge on any atom is 0.240 e. The summed E-state index contributed by atoms with van der Waals surface area (Å²) >= 11 is 0. The zero-order valence-corrected chi connectivity index (χ0v) is 9.97. The third-order valence-electron chi connectivity index (χ3n) is 3.01. The number of nitrogens with one attached hydrogen (secondary N) is 1. The zero-order valence-electron chi connectivity index (χ0n) is 9.97. The van der Waals surface area contributed by atoms with Crippen molar-refractivity contribution in [2.24, 2.45) is 0 Å². The van der Waals surface area contributed by atoms with Crippen molar-refractivity contribution in [3.05, 3.63) is 29.8 Å². The van der Waals surface area contributed by atoms with Gasteiger partial charge in [0.2, 0.25) is 5.91 Å². The number of rotatable bonds is 3. The van der Waals surface area contributed by atoms with E-state index in [1.807, 2.05) is 35.2 Å². The number of carbonyl (C=O) groups is 1. The summed E-state index contributed by atoms with van der Waals surface area (Å²) in [5.41, 5.74) is 1.75. The first-order chi connectivity index (χ1) is 8.72. The molecule has 2 rings (SSSR count). The fourth-order valence-electron chi connectivity index (χ4n) is 2.14. The molecule has 0 aliphatic carbocycles. The van der Waals surface area contributed by atoms with Crippen LogP contribution in [0.1, 0.15) is 18.1 Å². The lowest BCUT2D eigenvalue weighted by Gasteiger charge is -2.33. The lowest BCUT2D eigenvalue weighted by atomic mass is 9.99. The Bertz CT molecular complexity index is 481. The average Bonchev–Trinajstić information content (AvgIpc) is 2.40. The van der Waals surface area contributed by atoms with Gasteiger partial charge in [0.15, 0.2) is 0 Å². The molecule has 1 unspecified atom stereocenters.